The van der Waals surface area contributed by atoms with Crippen LogP contribution >= 0.6 is 0 Å². The van der Waals surface area contributed by atoms with Crippen LogP contribution < -0.4 is 5.73 Å². The predicted octanol–water partition coefficient (Wildman–Crippen LogP) is 0.920. The fourth-order valence-corrected chi connectivity index (χ4v) is 2.16. The Kier molecular flexibility index (Phi) is 2.56. The quantitative estimate of drug-likeness (QED) is 0.833. The molecule has 19 heavy (non-hydrogen) atoms. The average molecular weight is 256 g/mol. The third kappa shape index (κ3) is 1.97. The number of nitrogens with two attached hydrogens (primary N) is 1. The maximum atomic E-state index is 12.2. The molecule has 0 fully saturated rings. The van der Waals surface area contributed by atoms with Crippen molar-refractivity contribution < 1.29 is 9.90 Å². The van der Waals surface area contributed by atoms with E-state index in [0.717, 1.165) is 5.56 Å². The SMILES string of the molecule is Nc1nc(O)c2c(n1)C(=O)N(Cc1ccccc1)C2. The van der Waals surface area contributed by atoms with E-state index in [1.165, 1.54) is 0 Å². The molecule has 0 aliphatic carbocycles. The Hall–Kier alpha value is -2.63. The molecule has 0 unspecified atom stereocenters. The standard InChI is InChI=1S/C13H12N4O2/c14-13-15-10-9(11(18)16-13)7-17(12(10)19)6-8-4-2-1-3-5-8/h1-5H,6-7H2,(H3,14,15,16,18). The molecule has 2 heterocycles. The molecule has 1 aliphatic rings. The molecule has 3 N–H and O–H groups in total. The molecular weight excluding hydrogens is 244 g/mol. The molecule has 1 amide bonds. The number of carbonyl (C=O) groups excluding carboxylic acids is 1. The van der Waals surface area contributed by atoms with E-state index in [-0.39, 0.29) is 23.4 Å². The number of aromatic nitrogens is 2. The number of nitrogens with zero attached hydrogens (tertiary/aromatic N) is 3. The second kappa shape index (κ2) is 4.24. The van der Waals surface area contributed by atoms with Gasteiger partial charge in [-0.1, -0.05) is 30.3 Å². The number of rotatable bonds is 2. The Morgan fingerprint density at radius 1 is 1.26 bits per heavy atom. The maximum absolute atomic E-state index is 12.2. The minimum absolute atomic E-state index is 0.0915. The monoisotopic (exact) mass is 256 g/mol. The molecular formula is C13H12N4O2. The van der Waals surface area contributed by atoms with Crippen molar-refractivity contribution in [2.75, 3.05) is 5.73 Å². The van der Waals surface area contributed by atoms with Crippen LogP contribution in [0.5, 0.6) is 5.88 Å². The molecule has 2 aromatic rings. The number of carbonyl (C=O) groups is 1. The zero-order chi connectivity index (χ0) is 13.4. The molecule has 0 bridgehead atoms. The number of fused-ring (bicyclic) bond motifs is 1. The molecule has 6 nitrogen and oxygen atoms in total. The summed E-state index contributed by atoms with van der Waals surface area (Å²) in [6.07, 6.45) is 0. The fraction of sp³-hybridized carbons (Fsp3) is 0.154. The van der Waals surface area contributed by atoms with E-state index in [9.17, 15) is 9.90 Å². The van der Waals surface area contributed by atoms with E-state index >= 15 is 0 Å². The summed E-state index contributed by atoms with van der Waals surface area (Å²) in [5, 5.41) is 9.70. The fourth-order valence-electron chi connectivity index (χ4n) is 2.16. The minimum atomic E-state index is -0.233. The van der Waals surface area contributed by atoms with Gasteiger partial charge in [0.1, 0.15) is 5.69 Å². The topological polar surface area (TPSA) is 92.3 Å². The van der Waals surface area contributed by atoms with E-state index in [2.05, 4.69) is 9.97 Å². The summed E-state index contributed by atoms with van der Waals surface area (Å²) in [5.74, 6) is -0.541. The molecule has 6 heteroatoms. The number of hydrogen-bond donors (Lipinski definition) is 2. The molecule has 0 saturated heterocycles. The predicted molar refractivity (Wildman–Crippen MR) is 68.1 cm³/mol. The van der Waals surface area contributed by atoms with Gasteiger partial charge < -0.3 is 15.7 Å². The normalized spacial score (nSPS) is 13.7. The Morgan fingerprint density at radius 2 is 2.00 bits per heavy atom. The highest BCUT2D eigenvalue weighted by Crippen LogP contribution is 2.28. The smallest absolute Gasteiger partial charge is 0.273 e. The van der Waals surface area contributed by atoms with Crippen LogP contribution in [0.2, 0.25) is 0 Å². The second-order valence-electron chi connectivity index (χ2n) is 4.38. The van der Waals surface area contributed by atoms with Gasteiger partial charge in [-0.05, 0) is 5.56 Å². The first-order valence-electron chi connectivity index (χ1n) is 5.83. The van der Waals surface area contributed by atoms with Crippen LogP contribution in [0.25, 0.3) is 0 Å². The lowest BCUT2D eigenvalue weighted by Gasteiger charge is -2.14. The van der Waals surface area contributed by atoms with E-state index in [1.54, 1.807) is 4.90 Å². The van der Waals surface area contributed by atoms with Gasteiger partial charge in [0.25, 0.3) is 5.91 Å². The zero-order valence-electron chi connectivity index (χ0n) is 10.1. The number of nitrogen functional groups attached to an aromatic ring is 1. The minimum Gasteiger partial charge on any atom is -0.493 e. The van der Waals surface area contributed by atoms with Gasteiger partial charge >= 0.3 is 0 Å². The zero-order valence-corrected chi connectivity index (χ0v) is 10.1. The van der Waals surface area contributed by atoms with Gasteiger partial charge in [-0.25, -0.2) is 4.98 Å². The van der Waals surface area contributed by atoms with Crippen molar-refractivity contribution in [2.24, 2.45) is 0 Å². The highest BCUT2D eigenvalue weighted by molar-refractivity contribution is 5.97. The van der Waals surface area contributed by atoms with Gasteiger partial charge in [0, 0.05) is 6.54 Å². The number of anilines is 1. The van der Waals surface area contributed by atoms with Gasteiger partial charge in [-0.15, -0.1) is 0 Å². The first-order valence-corrected chi connectivity index (χ1v) is 5.83. The van der Waals surface area contributed by atoms with Crippen LogP contribution in [0.15, 0.2) is 30.3 Å². The van der Waals surface area contributed by atoms with Crippen LogP contribution in [0.4, 0.5) is 5.95 Å². The lowest BCUT2D eigenvalue weighted by Crippen LogP contribution is -2.23. The van der Waals surface area contributed by atoms with Crippen molar-refractivity contribution >= 4 is 11.9 Å². The first kappa shape index (κ1) is 11.5. The van der Waals surface area contributed by atoms with Gasteiger partial charge in [0.2, 0.25) is 11.8 Å². The van der Waals surface area contributed by atoms with Crippen molar-refractivity contribution in [3.8, 4) is 5.88 Å². The molecule has 0 spiro atoms. The van der Waals surface area contributed by atoms with Gasteiger partial charge in [0.15, 0.2) is 0 Å². The van der Waals surface area contributed by atoms with Crippen LogP contribution in [0, 0.1) is 0 Å². The molecule has 0 atom stereocenters. The maximum Gasteiger partial charge on any atom is 0.273 e. The molecule has 3 rings (SSSR count). The lowest BCUT2D eigenvalue weighted by molar-refractivity contribution is 0.0762. The lowest BCUT2D eigenvalue weighted by atomic mass is 10.2. The number of hydrogen-bond acceptors (Lipinski definition) is 5. The van der Waals surface area contributed by atoms with Gasteiger partial charge in [-0.2, -0.15) is 4.98 Å². The van der Waals surface area contributed by atoms with Gasteiger partial charge in [-0.3, -0.25) is 4.79 Å². The van der Waals surface area contributed by atoms with Crippen molar-refractivity contribution in [3.05, 3.63) is 47.2 Å². The largest absolute Gasteiger partial charge is 0.493 e. The summed E-state index contributed by atoms with van der Waals surface area (Å²) in [4.78, 5) is 21.3. The van der Waals surface area contributed by atoms with Crippen molar-refractivity contribution in [2.45, 2.75) is 13.1 Å². The Bertz CT molecular complexity index is 643. The third-order valence-electron chi connectivity index (χ3n) is 3.06. The van der Waals surface area contributed by atoms with Crippen molar-refractivity contribution in [1.82, 2.24) is 14.9 Å². The van der Waals surface area contributed by atoms with Crippen molar-refractivity contribution in [1.29, 1.82) is 0 Å². The van der Waals surface area contributed by atoms with Crippen LogP contribution in [0.1, 0.15) is 21.6 Å². The Balaban J connectivity index is 1.89. The summed E-state index contributed by atoms with van der Waals surface area (Å²) in [6.45, 7) is 0.768. The van der Waals surface area contributed by atoms with Crippen molar-refractivity contribution in [3.63, 3.8) is 0 Å². The molecule has 0 radical (unpaired) electrons. The van der Waals surface area contributed by atoms with E-state index in [4.69, 9.17) is 5.73 Å². The summed E-state index contributed by atoms with van der Waals surface area (Å²) in [5.41, 5.74) is 7.09. The summed E-state index contributed by atoms with van der Waals surface area (Å²) in [6, 6.07) is 9.63. The molecule has 0 saturated carbocycles. The number of amides is 1. The molecule has 1 aromatic carbocycles. The first-order chi connectivity index (χ1) is 9.15. The summed E-state index contributed by atoms with van der Waals surface area (Å²) in [7, 11) is 0. The van der Waals surface area contributed by atoms with E-state index in [0.29, 0.717) is 18.7 Å². The molecule has 96 valence electrons. The number of benzene rings is 1. The van der Waals surface area contributed by atoms with E-state index < -0.39 is 0 Å². The van der Waals surface area contributed by atoms with Crippen LogP contribution in [-0.4, -0.2) is 25.9 Å². The molecule has 1 aromatic heterocycles. The van der Waals surface area contributed by atoms with Crippen LogP contribution in [-0.2, 0) is 13.1 Å². The Morgan fingerprint density at radius 3 is 2.74 bits per heavy atom. The summed E-state index contributed by atoms with van der Waals surface area (Å²) < 4.78 is 0. The summed E-state index contributed by atoms with van der Waals surface area (Å²) >= 11 is 0. The number of aromatic hydroxyl groups is 1. The van der Waals surface area contributed by atoms with Gasteiger partial charge in [0.05, 0.1) is 12.1 Å². The highest BCUT2D eigenvalue weighted by atomic mass is 16.3. The van der Waals surface area contributed by atoms with Crippen LogP contribution in [0.3, 0.4) is 0 Å². The average Bonchev–Trinajstić information content (AvgIpc) is 2.69. The highest BCUT2D eigenvalue weighted by Gasteiger charge is 2.32. The molecule has 1 aliphatic heterocycles. The van der Waals surface area contributed by atoms with E-state index in [1.807, 2.05) is 30.3 Å². The second-order valence-corrected chi connectivity index (χ2v) is 4.38. The Labute approximate surface area is 109 Å². The third-order valence-corrected chi connectivity index (χ3v) is 3.06.